The smallest absolute Gasteiger partial charge is 0.344 e. The van der Waals surface area contributed by atoms with Crippen LogP contribution in [-0.4, -0.2) is 52.7 Å². The maximum Gasteiger partial charge on any atom is 0.344 e. The zero-order valence-corrected chi connectivity index (χ0v) is 17.1. The molecular weight excluding hydrogens is 376 g/mol. The zero-order chi connectivity index (χ0) is 21.7. The second-order valence-electron chi connectivity index (χ2n) is 6.75. The van der Waals surface area contributed by atoms with E-state index in [2.05, 4.69) is 10.4 Å². The first-order valence-electron chi connectivity index (χ1n) is 8.92. The molecule has 0 radical (unpaired) electrons. The topological polar surface area (TPSA) is 111 Å². The van der Waals surface area contributed by atoms with Crippen LogP contribution in [0.3, 0.4) is 0 Å². The summed E-state index contributed by atoms with van der Waals surface area (Å²) < 4.78 is 6.04. The van der Waals surface area contributed by atoms with Crippen LogP contribution in [0.1, 0.15) is 27.2 Å². The lowest BCUT2D eigenvalue weighted by Crippen LogP contribution is -2.38. The number of nitrogens with zero attached hydrogens (tertiary/aromatic N) is 3. The van der Waals surface area contributed by atoms with Crippen molar-refractivity contribution < 1.29 is 19.1 Å². The summed E-state index contributed by atoms with van der Waals surface area (Å²) in [6.07, 6.45) is 0. The largest absolute Gasteiger partial charge is 0.452 e. The molecule has 2 amide bonds. The number of amides is 2. The Morgan fingerprint density at radius 1 is 1.14 bits per heavy atom. The molecule has 1 aromatic carbocycles. The van der Waals surface area contributed by atoms with Crippen LogP contribution < -0.4 is 10.9 Å². The Bertz CT molecular complexity index is 995. The van der Waals surface area contributed by atoms with Gasteiger partial charge in [-0.1, -0.05) is 17.7 Å². The van der Waals surface area contributed by atoms with Gasteiger partial charge < -0.3 is 15.0 Å². The molecule has 0 aliphatic rings. The number of likely N-dealkylation sites (N-methyl/N-ethyl adjacent to an activating group) is 1. The molecule has 9 heteroatoms. The fourth-order valence-corrected chi connectivity index (χ4v) is 2.54. The van der Waals surface area contributed by atoms with E-state index in [1.54, 1.807) is 26.0 Å². The third-order valence-electron chi connectivity index (χ3n) is 4.40. The Morgan fingerprint density at radius 3 is 2.38 bits per heavy atom. The Kier molecular flexibility index (Phi) is 6.87. The fraction of sp³-hybridized carbons (Fsp3) is 0.350. The van der Waals surface area contributed by atoms with Crippen molar-refractivity contribution in [2.24, 2.45) is 7.05 Å². The van der Waals surface area contributed by atoms with Crippen molar-refractivity contribution in [3.8, 4) is 0 Å². The van der Waals surface area contributed by atoms with Crippen LogP contribution in [-0.2, 0) is 21.4 Å². The molecule has 1 N–H and O–H groups in total. The molecule has 0 aliphatic heterocycles. The fourth-order valence-electron chi connectivity index (χ4n) is 2.54. The van der Waals surface area contributed by atoms with Crippen molar-refractivity contribution in [2.75, 3.05) is 25.5 Å². The lowest BCUT2D eigenvalue weighted by Gasteiger charge is -2.17. The monoisotopic (exact) mass is 400 g/mol. The minimum Gasteiger partial charge on any atom is -0.452 e. The predicted octanol–water partition coefficient (Wildman–Crippen LogP) is 0.959. The quantitative estimate of drug-likeness (QED) is 0.723. The molecule has 2 rings (SSSR count). The number of carbonyl (C=O) groups excluding carboxylic acids is 3. The van der Waals surface area contributed by atoms with Gasteiger partial charge >= 0.3 is 5.97 Å². The standard InChI is InChI=1S/C20H24N4O5/c1-12-6-8-15(9-7-12)21-16(25)10-23(4)17(26)11-29-20(28)18-13(2)14(3)22-24(5)19(18)27/h6-9H,10-11H2,1-5H3,(H,21,25). The summed E-state index contributed by atoms with van der Waals surface area (Å²) in [5.74, 6) is -1.86. The van der Waals surface area contributed by atoms with Gasteiger partial charge in [-0.05, 0) is 38.5 Å². The normalized spacial score (nSPS) is 10.4. The van der Waals surface area contributed by atoms with E-state index in [0.717, 1.165) is 15.1 Å². The molecule has 9 nitrogen and oxygen atoms in total. The third kappa shape index (κ3) is 5.50. The van der Waals surface area contributed by atoms with Crippen LogP contribution in [0.4, 0.5) is 5.69 Å². The number of aryl methyl sites for hydroxylation is 3. The third-order valence-corrected chi connectivity index (χ3v) is 4.40. The van der Waals surface area contributed by atoms with Gasteiger partial charge in [0.2, 0.25) is 5.91 Å². The maximum atomic E-state index is 12.3. The first-order chi connectivity index (χ1) is 13.6. The number of hydrogen-bond acceptors (Lipinski definition) is 6. The highest BCUT2D eigenvalue weighted by Gasteiger charge is 2.21. The van der Waals surface area contributed by atoms with Gasteiger partial charge in [-0.2, -0.15) is 5.10 Å². The van der Waals surface area contributed by atoms with E-state index in [0.29, 0.717) is 16.9 Å². The Labute approximate surface area is 168 Å². The first-order valence-corrected chi connectivity index (χ1v) is 8.92. The zero-order valence-electron chi connectivity index (χ0n) is 17.1. The van der Waals surface area contributed by atoms with E-state index >= 15 is 0 Å². The van der Waals surface area contributed by atoms with E-state index in [-0.39, 0.29) is 18.0 Å². The van der Waals surface area contributed by atoms with Gasteiger partial charge in [0.25, 0.3) is 11.5 Å². The van der Waals surface area contributed by atoms with Crippen LogP contribution in [0.2, 0.25) is 0 Å². The second-order valence-corrected chi connectivity index (χ2v) is 6.75. The predicted molar refractivity (Wildman–Crippen MR) is 107 cm³/mol. The molecule has 1 heterocycles. The van der Waals surface area contributed by atoms with E-state index < -0.39 is 24.0 Å². The van der Waals surface area contributed by atoms with Crippen molar-refractivity contribution in [3.63, 3.8) is 0 Å². The summed E-state index contributed by atoms with van der Waals surface area (Å²) in [7, 11) is 2.85. The van der Waals surface area contributed by atoms with E-state index in [1.165, 1.54) is 14.1 Å². The lowest BCUT2D eigenvalue weighted by molar-refractivity contribution is -0.136. The summed E-state index contributed by atoms with van der Waals surface area (Å²) in [5, 5.41) is 6.67. The van der Waals surface area contributed by atoms with Crippen LogP contribution in [0.25, 0.3) is 0 Å². The van der Waals surface area contributed by atoms with E-state index in [9.17, 15) is 19.2 Å². The molecule has 0 saturated carbocycles. The minimum atomic E-state index is -0.903. The number of benzene rings is 1. The van der Waals surface area contributed by atoms with Gasteiger partial charge in [-0.3, -0.25) is 14.4 Å². The maximum absolute atomic E-state index is 12.3. The van der Waals surface area contributed by atoms with E-state index in [4.69, 9.17) is 4.74 Å². The Balaban J connectivity index is 1.93. The molecule has 0 aliphatic carbocycles. The number of nitrogens with one attached hydrogen (secondary N) is 1. The number of carbonyl (C=O) groups is 3. The Hall–Kier alpha value is -3.49. The van der Waals surface area contributed by atoms with Crippen molar-refractivity contribution in [2.45, 2.75) is 20.8 Å². The molecule has 0 atom stereocenters. The molecule has 1 aromatic heterocycles. The van der Waals surface area contributed by atoms with Crippen LogP contribution in [0.15, 0.2) is 29.1 Å². The Morgan fingerprint density at radius 2 is 1.76 bits per heavy atom. The molecule has 0 saturated heterocycles. The average molecular weight is 400 g/mol. The van der Waals surface area contributed by atoms with Crippen molar-refractivity contribution >= 4 is 23.5 Å². The van der Waals surface area contributed by atoms with Gasteiger partial charge in [0.1, 0.15) is 5.56 Å². The highest BCUT2D eigenvalue weighted by Crippen LogP contribution is 2.09. The molecule has 0 spiro atoms. The highest BCUT2D eigenvalue weighted by atomic mass is 16.5. The second kappa shape index (κ2) is 9.13. The van der Waals surface area contributed by atoms with Gasteiger partial charge in [0, 0.05) is 19.8 Å². The van der Waals surface area contributed by atoms with Crippen molar-refractivity contribution in [1.82, 2.24) is 14.7 Å². The number of hydrogen-bond donors (Lipinski definition) is 1. The van der Waals surface area contributed by atoms with Crippen LogP contribution in [0.5, 0.6) is 0 Å². The molecule has 0 fully saturated rings. The highest BCUT2D eigenvalue weighted by molar-refractivity contribution is 5.95. The molecule has 154 valence electrons. The summed E-state index contributed by atoms with van der Waals surface area (Å²) >= 11 is 0. The van der Waals surface area contributed by atoms with Crippen LogP contribution in [0, 0.1) is 20.8 Å². The van der Waals surface area contributed by atoms with Gasteiger partial charge in [0.05, 0.1) is 12.2 Å². The van der Waals surface area contributed by atoms with E-state index in [1.807, 2.05) is 19.1 Å². The van der Waals surface area contributed by atoms with Crippen LogP contribution >= 0.6 is 0 Å². The number of anilines is 1. The van der Waals surface area contributed by atoms with Crippen molar-refractivity contribution in [1.29, 1.82) is 0 Å². The SMILES string of the molecule is Cc1ccc(NC(=O)CN(C)C(=O)COC(=O)c2c(C)c(C)nn(C)c2=O)cc1. The van der Waals surface area contributed by atoms with Gasteiger partial charge in [-0.25, -0.2) is 9.48 Å². The lowest BCUT2D eigenvalue weighted by atomic mass is 10.1. The average Bonchev–Trinajstić information content (AvgIpc) is 2.66. The van der Waals surface area contributed by atoms with Gasteiger partial charge in [0.15, 0.2) is 6.61 Å². The summed E-state index contributed by atoms with van der Waals surface area (Å²) in [6, 6.07) is 7.24. The first kappa shape index (κ1) is 21.8. The number of rotatable bonds is 6. The molecule has 0 bridgehead atoms. The summed E-state index contributed by atoms with van der Waals surface area (Å²) in [6.45, 7) is 4.39. The molecule has 2 aromatic rings. The van der Waals surface area contributed by atoms with Gasteiger partial charge in [-0.15, -0.1) is 0 Å². The summed E-state index contributed by atoms with van der Waals surface area (Å²) in [4.78, 5) is 49.8. The molecular formula is C20H24N4O5. The molecule has 29 heavy (non-hydrogen) atoms. The molecule has 0 unspecified atom stereocenters. The summed E-state index contributed by atoms with van der Waals surface area (Å²) in [5.41, 5.74) is 1.83. The number of ether oxygens (including phenoxy) is 1. The minimum absolute atomic E-state index is 0.160. The number of esters is 1. The number of aromatic nitrogens is 2. The van der Waals surface area contributed by atoms with Crippen molar-refractivity contribution in [3.05, 3.63) is 57.0 Å².